The number of fused-ring (bicyclic) bond motifs is 1. The summed E-state index contributed by atoms with van der Waals surface area (Å²) >= 11 is 0. The molecule has 3 aromatic rings. The first kappa shape index (κ1) is 12.4. The summed E-state index contributed by atoms with van der Waals surface area (Å²) in [7, 11) is 0. The number of carboxylic acids is 1. The van der Waals surface area contributed by atoms with Crippen LogP contribution >= 0.6 is 0 Å². The molecule has 0 spiro atoms. The van der Waals surface area contributed by atoms with Gasteiger partial charge in [-0.3, -0.25) is 4.98 Å². The van der Waals surface area contributed by atoms with Crippen molar-refractivity contribution in [1.29, 1.82) is 0 Å². The van der Waals surface area contributed by atoms with Gasteiger partial charge in [0.2, 0.25) is 0 Å². The molecule has 2 heterocycles. The van der Waals surface area contributed by atoms with Crippen LogP contribution in [-0.2, 0) is 0 Å². The Labute approximate surface area is 116 Å². The molecule has 4 heteroatoms. The molecule has 100 valence electrons. The van der Waals surface area contributed by atoms with Crippen LogP contribution < -0.4 is 0 Å². The van der Waals surface area contributed by atoms with E-state index in [4.69, 9.17) is 5.11 Å². The van der Waals surface area contributed by atoms with Crippen LogP contribution in [0.15, 0.2) is 42.9 Å². The van der Waals surface area contributed by atoms with E-state index in [1.54, 1.807) is 18.3 Å². The third-order valence-corrected chi connectivity index (χ3v) is 3.39. The summed E-state index contributed by atoms with van der Waals surface area (Å²) < 4.78 is 2.04. The summed E-state index contributed by atoms with van der Waals surface area (Å²) in [6, 6.07) is 7.24. The van der Waals surface area contributed by atoms with Gasteiger partial charge in [-0.05, 0) is 49.2 Å². The average Bonchev–Trinajstić information content (AvgIpc) is 2.76. The number of nitrogens with zero attached hydrogens (tertiary/aromatic N) is 2. The van der Waals surface area contributed by atoms with Crippen molar-refractivity contribution in [2.75, 3.05) is 0 Å². The fraction of sp³-hybridized carbons (Fsp3) is 0.125. The van der Waals surface area contributed by atoms with Gasteiger partial charge in [0, 0.05) is 17.8 Å². The second-order valence-corrected chi connectivity index (χ2v) is 4.94. The standard InChI is InChI=1S/C16H14N2O2/c1-10-5-13(8-17-7-10)18-9-11(2)14-6-12(16(19)20)3-4-15(14)18/h3-9H,1-2H3,(H,19,20). The molecule has 0 radical (unpaired) electrons. The largest absolute Gasteiger partial charge is 0.478 e. The molecule has 0 amide bonds. The SMILES string of the molecule is Cc1cncc(-n2cc(C)c3cc(C(=O)O)ccc32)c1. The highest BCUT2D eigenvalue weighted by molar-refractivity contribution is 5.95. The van der Waals surface area contributed by atoms with Crippen molar-refractivity contribution in [1.82, 2.24) is 9.55 Å². The summed E-state index contributed by atoms with van der Waals surface area (Å²) in [4.78, 5) is 15.3. The molecule has 0 aliphatic carbocycles. The number of hydrogen-bond donors (Lipinski definition) is 1. The smallest absolute Gasteiger partial charge is 0.335 e. The van der Waals surface area contributed by atoms with Crippen molar-refractivity contribution in [3.63, 3.8) is 0 Å². The van der Waals surface area contributed by atoms with Crippen LogP contribution in [0.5, 0.6) is 0 Å². The lowest BCUT2D eigenvalue weighted by atomic mass is 10.1. The molecule has 1 aromatic carbocycles. The number of carbonyl (C=O) groups is 1. The molecule has 1 N–H and O–H groups in total. The molecule has 2 aromatic heterocycles. The Hall–Kier alpha value is -2.62. The average molecular weight is 266 g/mol. The molecule has 4 nitrogen and oxygen atoms in total. The summed E-state index contributed by atoms with van der Waals surface area (Å²) in [6.07, 6.45) is 5.62. The zero-order chi connectivity index (χ0) is 14.3. The fourth-order valence-electron chi connectivity index (χ4n) is 2.41. The summed E-state index contributed by atoms with van der Waals surface area (Å²) in [5.74, 6) is -0.906. The van der Waals surface area contributed by atoms with Crippen LogP contribution in [0.2, 0.25) is 0 Å². The molecule has 0 saturated heterocycles. The topological polar surface area (TPSA) is 55.1 Å². The van der Waals surface area contributed by atoms with Crippen molar-refractivity contribution in [3.8, 4) is 5.69 Å². The summed E-state index contributed by atoms with van der Waals surface area (Å²) in [5, 5.41) is 10.0. The van der Waals surface area contributed by atoms with E-state index in [0.717, 1.165) is 27.7 Å². The lowest BCUT2D eigenvalue weighted by molar-refractivity contribution is 0.0697. The predicted molar refractivity (Wildman–Crippen MR) is 77.5 cm³/mol. The Morgan fingerprint density at radius 3 is 2.70 bits per heavy atom. The Kier molecular flexibility index (Phi) is 2.79. The van der Waals surface area contributed by atoms with Crippen LogP contribution in [-0.4, -0.2) is 20.6 Å². The van der Waals surface area contributed by atoms with E-state index < -0.39 is 5.97 Å². The van der Waals surface area contributed by atoms with E-state index in [9.17, 15) is 4.79 Å². The van der Waals surface area contributed by atoms with Gasteiger partial charge in [0.05, 0.1) is 23.0 Å². The highest BCUT2D eigenvalue weighted by Crippen LogP contribution is 2.25. The van der Waals surface area contributed by atoms with Crippen LogP contribution in [0.1, 0.15) is 21.5 Å². The molecule has 3 rings (SSSR count). The van der Waals surface area contributed by atoms with Crippen LogP contribution in [0, 0.1) is 13.8 Å². The third kappa shape index (κ3) is 1.95. The quantitative estimate of drug-likeness (QED) is 0.774. The number of benzene rings is 1. The second-order valence-electron chi connectivity index (χ2n) is 4.94. The number of rotatable bonds is 2. The van der Waals surface area contributed by atoms with Crippen molar-refractivity contribution in [2.45, 2.75) is 13.8 Å². The third-order valence-electron chi connectivity index (χ3n) is 3.39. The van der Waals surface area contributed by atoms with Gasteiger partial charge in [-0.25, -0.2) is 4.79 Å². The normalized spacial score (nSPS) is 10.9. The van der Waals surface area contributed by atoms with Gasteiger partial charge in [0.15, 0.2) is 0 Å². The highest BCUT2D eigenvalue weighted by atomic mass is 16.4. The van der Waals surface area contributed by atoms with Crippen molar-refractivity contribution in [3.05, 3.63) is 59.5 Å². The molecule has 20 heavy (non-hydrogen) atoms. The summed E-state index contributed by atoms with van der Waals surface area (Å²) in [6.45, 7) is 3.98. The fourth-order valence-corrected chi connectivity index (χ4v) is 2.41. The van der Waals surface area contributed by atoms with E-state index in [0.29, 0.717) is 5.56 Å². The number of aromatic nitrogens is 2. The van der Waals surface area contributed by atoms with Crippen LogP contribution in [0.4, 0.5) is 0 Å². The molecule has 0 aliphatic heterocycles. The van der Waals surface area contributed by atoms with Crippen molar-refractivity contribution >= 4 is 16.9 Å². The van der Waals surface area contributed by atoms with E-state index in [-0.39, 0.29) is 0 Å². The maximum Gasteiger partial charge on any atom is 0.335 e. The monoisotopic (exact) mass is 266 g/mol. The minimum Gasteiger partial charge on any atom is -0.478 e. The first-order valence-corrected chi connectivity index (χ1v) is 6.33. The Bertz CT molecular complexity index is 818. The minimum absolute atomic E-state index is 0.306. The number of pyridine rings is 1. The van der Waals surface area contributed by atoms with Gasteiger partial charge in [0.25, 0.3) is 0 Å². The molecular formula is C16H14N2O2. The van der Waals surface area contributed by atoms with Gasteiger partial charge in [-0.2, -0.15) is 0 Å². The first-order chi connectivity index (χ1) is 9.56. The van der Waals surface area contributed by atoms with Gasteiger partial charge >= 0.3 is 5.97 Å². The molecule has 0 saturated carbocycles. The lowest BCUT2D eigenvalue weighted by Crippen LogP contribution is -1.97. The van der Waals surface area contributed by atoms with Crippen molar-refractivity contribution in [2.24, 2.45) is 0 Å². The highest BCUT2D eigenvalue weighted by Gasteiger charge is 2.10. The molecule has 0 unspecified atom stereocenters. The van der Waals surface area contributed by atoms with Crippen molar-refractivity contribution < 1.29 is 9.90 Å². The lowest BCUT2D eigenvalue weighted by Gasteiger charge is -2.06. The zero-order valence-electron chi connectivity index (χ0n) is 11.3. The predicted octanol–water partition coefficient (Wildman–Crippen LogP) is 3.34. The molecular weight excluding hydrogens is 252 g/mol. The van der Waals surface area contributed by atoms with Gasteiger partial charge < -0.3 is 9.67 Å². The Morgan fingerprint density at radius 1 is 1.20 bits per heavy atom. The van der Waals surface area contributed by atoms with E-state index in [2.05, 4.69) is 11.1 Å². The van der Waals surface area contributed by atoms with E-state index in [1.807, 2.05) is 36.9 Å². The van der Waals surface area contributed by atoms with Crippen LogP contribution in [0.25, 0.3) is 16.6 Å². The zero-order valence-corrected chi connectivity index (χ0v) is 11.3. The molecule has 0 fully saturated rings. The summed E-state index contributed by atoms with van der Waals surface area (Å²) in [5.41, 5.74) is 4.40. The maximum atomic E-state index is 11.1. The Morgan fingerprint density at radius 2 is 2.00 bits per heavy atom. The van der Waals surface area contributed by atoms with E-state index in [1.165, 1.54) is 0 Å². The number of aromatic carboxylic acids is 1. The number of aryl methyl sites for hydroxylation is 2. The first-order valence-electron chi connectivity index (χ1n) is 6.33. The number of hydrogen-bond acceptors (Lipinski definition) is 2. The molecule has 0 bridgehead atoms. The molecule has 0 aliphatic rings. The number of carboxylic acid groups (broad SMARTS) is 1. The second kappa shape index (κ2) is 4.49. The van der Waals surface area contributed by atoms with Gasteiger partial charge in [-0.15, -0.1) is 0 Å². The Balaban J connectivity index is 2.25. The van der Waals surface area contributed by atoms with Gasteiger partial charge in [-0.1, -0.05) is 0 Å². The van der Waals surface area contributed by atoms with E-state index >= 15 is 0 Å². The molecule has 0 atom stereocenters. The van der Waals surface area contributed by atoms with Gasteiger partial charge in [0.1, 0.15) is 0 Å². The maximum absolute atomic E-state index is 11.1. The van der Waals surface area contributed by atoms with Crippen LogP contribution in [0.3, 0.4) is 0 Å². The minimum atomic E-state index is -0.906.